The number of thiol groups is 2. The van der Waals surface area contributed by atoms with Gasteiger partial charge >= 0.3 is 0 Å². The minimum atomic E-state index is -0.0702. The Kier molecular flexibility index (Phi) is 3.27. The van der Waals surface area contributed by atoms with Gasteiger partial charge in [0.25, 0.3) is 0 Å². The molecule has 0 atom stereocenters. The molecule has 0 nitrogen and oxygen atoms in total. The van der Waals surface area contributed by atoms with E-state index in [0.29, 0.717) is 0 Å². The van der Waals surface area contributed by atoms with Crippen LogP contribution in [0.5, 0.6) is 0 Å². The summed E-state index contributed by atoms with van der Waals surface area (Å²) in [6.07, 6.45) is 0. The average molecular weight is 226 g/mol. The fourth-order valence-corrected chi connectivity index (χ4v) is 1.58. The molecule has 0 aliphatic carbocycles. The van der Waals surface area contributed by atoms with Crippen LogP contribution in [0.4, 0.5) is 0 Å². The molecule has 0 N–H and O–H groups in total. The smallest absolute Gasteiger partial charge is 0.0322 e. The minimum Gasteiger partial charge on any atom is -0.168 e. The highest BCUT2D eigenvalue weighted by Crippen LogP contribution is 2.31. The van der Waals surface area contributed by atoms with Crippen molar-refractivity contribution in [3.8, 4) is 0 Å². The molecule has 0 unspecified atom stereocenters. The predicted molar refractivity (Wildman–Crippen MR) is 70.5 cm³/mol. The molecule has 0 aliphatic rings. The standard InChI is InChI=1S/C12H18S2/c1-11(2,13)9-5-7-10(8-6-9)12(3,4)14/h5-8,13-14H,1-4H3. The lowest BCUT2D eigenvalue weighted by molar-refractivity contribution is 0.772. The maximum atomic E-state index is 4.53. The first-order chi connectivity index (χ1) is 6.21. The monoisotopic (exact) mass is 226 g/mol. The fraction of sp³-hybridized carbons (Fsp3) is 0.500. The molecule has 0 bridgehead atoms. The van der Waals surface area contributed by atoms with Crippen molar-refractivity contribution in [2.45, 2.75) is 37.2 Å². The van der Waals surface area contributed by atoms with E-state index >= 15 is 0 Å². The summed E-state index contributed by atoms with van der Waals surface area (Å²) in [5.74, 6) is 0. The van der Waals surface area contributed by atoms with Gasteiger partial charge in [0.15, 0.2) is 0 Å². The van der Waals surface area contributed by atoms with Crippen LogP contribution >= 0.6 is 25.3 Å². The summed E-state index contributed by atoms with van der Waals surface area (Å²) in [5, 5.41) is 0. The molecule has 0 radical (unpaired) electrons. The first-order valence-electron chi connectivity index (χ1n) is 4.77. The first kappa shape index (κ1) is 12.0. The van der Waals surface area contributed by atoms with Crippen molar-refractivity contribution in [1.82, 2.24) is 0 Å². The summed E-state index contributed by atoms with van der Waals surface area (Å²) in [5.41, 5.74) is 2.48. The average Bonchev–Trinajstić information content (AvgIpc) is 2.01. The van der Waals surface area contributed by atoms with Crippen molar-refractivity contribution >= 4 is 25.3 Å². The molecule has 1 aromatic carbocycles. The second-order valence-corrected chi connectivity index (χ2v) is 6.93. The summed E-state index contributed by atoms with van der Waals surface area (Å²) in [7, 11) is 0. The van der Waals surface area contributed by atoms with Crippen LogP contribution in [0.3, 0.4) is 0 Å². The highest BCUT2D eigenvalue weighted by atomic mass is 32.1. The molecule has 0 spiro atoms. The lowest BCUT2D eigenvalue weighted by Crippen LogP contribution is -2.10. The third kappa shape index (κ3) is 2.96. The molecule has 1 aromatic rings. The van der Waals surface area contributed by atoms with E-state index in [0.717, 1.165) is 0 Å². The molecule has 0 aliphatic heterocycles. The second-order valence-electron chi connectivity index (χ2n) is 4.70. The summed E-state index contributed by atoms with van der Waals surface area (Å²) in [6.45, 7) is 8.38. The van der Waals surface area contributed by atoms with Gasteiger partial charge in [-0.15, -0.1) is 0 Å². The van der Waals surface area contributed by atoms with Gasteiger partial charge in [-0.1, -0.05) is 24.3 Å². The first-order valence-corrected chi connectivity index (χ1v) is 5.66. The Bertz CT molecular complexity index is 266. The van der Waals surface area contributed by atoms with Crippen molar-refractivity contribution in [3.05, 3.63) is 35.4 Å². The normalized spacial score (nSPS) is 13.0. The van der Waals surface area contributed by atoms with E-state index in [1.807, 2.05) is 0 Å². The van der Waals surface area contributed by atoms with Gasteiger partial charge in [0.2, 0.25) is 0 Å². The van der Waals surface area contributed by atoms with Gasteiger partial charge < -0.3 is 0 Å². The van der Waals surface area contributed by atoms with Gasteiger partial charge in [-0.05, 0) is 38.8 Å². The lowest BCUT2D eigenvalue weighted by Gasteiger charge is -2.22. The Balaban J connectivity index is 3.02. The molecule has 0 amide bonds. The molecule has 0 aromatic heterocycles. The van der Waals surface area contributed by atoms with Crippen LogP contribution < -0.4 is 0 Å². The SMILES string of the molecule is CC(C)(S)c1ccc(C(C)(C)S)cc1. The highest BCUT2D eigenvalue weighted by molar-refractivity contribution is 7.81. The Labute approximate surface area is 97.9 Å². The van der Waals surface area contributed by atoms with E-state index in [9.17, 15) is 0 Å². The zero-order valence-corrected chi connectivity index (χ0v) is 11.0. The van der Waals surface area contributed by atoms with E-state index in [1.54, 1.807) is 0 Å². The van der Waals surface area contributed by atoms with Crippen LogP contribution in [0, 0.1) is 0 Å². The summed E-state index contributed by atoms with van der Waals surface area (Å²) in [6, 6.07) is 8.50. The quantitative estimate of drug-likeness (QED) is 0.699. The minimum absolute atomic E-state index is 0.0702. The highest BCUT2D eigenvalue weighted by Gasteiger charge is 2.17. The maximum Gasteiger partial charge on any atom is 0.0322 e. The Morgan fingerprint density at radius 1 is 0.714 bits per heavy atom. The molecule has 1 rings (SSSR count). The fourth-order valence-electron chi connectivity index (χ4n) is 1.29. The number of hydrogen-bond donors (Lipinski definition) is 2. The Hall–Kier alpha value is -0.0800. The molecular formula is C12H18S2. The Morgan fingerprint density at radius 2 is 0.929 bits per heavy atom. The Morgan fingerprint density at radius 3 is 1.07 bits per heavy atom. The molecule has 0 fully saturated rings. The van der Waals surface area contributed by atoms with E-state index in [-0.39, 0.29) is 9.49 Å². The van der Waals surface area contributed by atoms with Gasteiger partial charge in [-0.3, -0.25) is 0 Å². The van der Waals surface area contributed by atoms with Crippen LogP contribution in [-0.2, 0) is 9.49 Å². The molecule has 78 valence electrons. The van der Waals surface area contributed by atoms with Crippen LogP contribution in [0.1, 0.15) is 38.8 Å². The zero-order chi connectivity index (χ0) is 11.0. The van der Waals surface area contributed by atoms with Gasteiger partial charge in [0, 0.05) is 9.49 Å². The summed E-state index contributed by atoms with van der Waals surface area (Å²) in [4.78, 5) is 0. The van der Waals surface area contributed by atoms with Crippen LogP contribution in [-0.4, -0.2) is 0 Å². The molecular weight excluding hydrogens is 208 g/mol. The molecule has 0 heterocycles. The molecule has 2 heteroatoms. The topological polar surface area (TPSA) is 0 Å². The van der Waals surface area contributed by atoms with Gasteiger partial charge in [0.05, 0.1) is 0 Å². The van der Waals surface area contributed by atoms with E-state index in [2.05, 4.69) is 77.2 Å². The van der Waals surface area contributed by atoms with Gasteiger partial charge in [-0.25, -0.2) is 0 Å². The van der Waals surface area contributed by atoms with Crippen LogP contribution in [0.15, 0.2) is 24.3 Å². The molecule has 0 saturated heterocycles. The predicted octanol–water partition coefficient (Wildman–Crippen LogP) is 4.02. The largest absolute Gasteiger partial charge is 0.168 e. The van der Waals surface area contributed by atoms with Crippen molar-refractivity contribution in [2.24, 2.45) is 0 Å². The molecule has 0 saturated carbocycles. The van der Waals surface area contributed by atoms with Gasteiger partial charge in [0.1, 0.15) is 0 Å². The van der Waals surface area contributed by atoms with Crippen LogP contribution in [0.2, 0.25) is 0 Å². The third-order valence-electron chi connectivity index (χ3n) is 2.30. The number of rotatable bonds is 2. The third-order valence-corrected chi connectivity index (χ3v) is 2.81. The van der Waals surface area contributed by atoms with Gasteiger partial charge in [-0.2, -0.15) is 25.3 Å². The van der Waals surface area contributed by atoms with E-state index in [1.165, 1.54) is 11.1 Å². The second kappa shape index (κ2) is 3.82. The van der Waals surface area contributed by atoms with Crippen molar-refractivity contribution in [3.63, 3.8) is 0 Å². The van der Waals surface area contributed by atoms with E-state index in [4.69, 9.17) is 0 Å². The van der Waals surface area contributed by atoms with Crippen molar-refractivity contribution < 1.29 is 0 Å². The van der Waals surface area contributed by atoms with E-state index < -0.39 is 0 Å². The van der Waals surface area contributed by atoms with Crippen molar-refractivity contribution in [1.29, 1.82) is 0 Å². The summed E-state index contributed by atoms with van der Waals surface area (Å²) >= 11 is 9.06. The van der Waals surface area contributed by atoms with Crippen molar-refractivity contribution in [2.75, 3.05) is 0 Å². The zero-order valence-electron chi connectivity index (χ0n) is 9.20. The summed E-state index contributed by atoms with van der Waals surface area (Å²) < 4.78 is -0.140. The maximum absolute atomic E-state index is 4.53. The number of benzene rings is 1. The molecule has 14 heavy (non-hydrogen) atoms. The number of hydrogen-bond acceptors (Lipinski definition) is 2. The lowest BCUT2D eigenvalue weighted by atomic mass is 9.96. The van der Waals surface area contributed by atoms with Crippen LogP contribution in [0.25, 0.3) is 0 Å².